The molecular formula is C26H33ClO6. The first-order chi connectivity index (χ1) is 15.3. The molecule has 2 rings (SSSR count). The number of phenolic OH excluding ortho intramolecular Hbond substituents is 1. The Balaban J connectivity index is 0.000000530. The van der Waals surface area contributed by atoms with Gasteiger partial charge in [-0.25, -0.2) is 0 Å². The van der Waals surface area contributed by atoms with Gasteiger partial charge in [-0.05, 0) is 77.6 Å². The summed E-state index contributed by atoms with van der Waals surface area (Å²) >= 11 is 4.99. The molecule has 6 nitrogen and oxygen atoms in total. The maximum atomic E-state index is 10.9. The van der Waals surface area contributed by atoms with E-state index < -0.39 is 0 Å². The van der Waals surface area contributed by atoms with E-state index in [0.29, 0.717) is 22.4 Å². The molecule has 0 saturated carbocycles. The number of aldehydes is 2. The van der Waals surface area contributed by atoms with Gasteiger partial charge in [-0.3, -0.25) is 19.2 Å². The fourth-order valence-corrected chi connectivity index (χ4v) is 3.13. The number of rotatable bonds is 6. The highest BCUT2D eigenvalue weighted by Crippen LogP contribution is 2.28. The molecule has 0 aliphatic rings. The third kappa shape index (κ3) is 9.18. The van der Waals surface area contributed by atoms with E-state index in [9.17, 15) is 24.3 Å². The minimum absolute atomic E-state index is 0.0201. The molecule has 0 fully saturated rings. The van der Waals surface area contributed by atoms with Gasteiger partial charge >= 0.3 is 0 Å². The van der Waals surface area contributed by atoms with Gasteiger partial charge in [0.25, 0.3) is 0 Å². The van der Waals surface area contributed by atoms with Gasteiger partial charge in [-0.2, -0.15) is 0 Å². The number of ketones is 2. The summed E-state index contributed by atoms with van der Waals surface area (Å²) in [5, 5.41) is 9.48. The van der Waals surface area contributed by atoms with Crippen LogP contribution in [-0.2, 0) is 9.59 Å². The number of hydrogen-bond acceptors (Lipinski definition) is 6. The van der Waals surface area contributed by atoms with Crippen LogP contribution in [0.4, 0.5) is 0 Å². The molecule has 0 spiro atoms. The van der Waals surface area contributed by atoms with E-state index in [1.54, 1.807) is 6.92 Å². The number of ether oxygens (including phenoxy) is 1. The van der Waals surface area contributed by atoms with Crippen molar-refractivity contribution in [3.8, 4) is 11.5 Å². The van der Waals surface area contributed by atoms with Crippen LogP contribution in [0.5, 0.6) is 11.5 Å². The first kappa shape index (κ1) is 30.0. The van der Waals surface area contributed by atoms with Crippen molar-refractivity contribution < 1.29 is 29.0 Å². The van der Waals surface area contributed by atoms with E-state index in [0.717, 1.165) is 40.4 Å². The Kier molecular flexibility index (Phi) is 12.9. The van der Waals surface area contributed by atoms with Crippen molar-refractivity contribution >= 4 is 35.7 Å². The summed E-state index contributed by atoms with van der Waals surface area (Å²) < 4.78 is 5.42. The predicted molar refractivity (Wildman–Crippen MR) is 131 cm³/mol. The third-order valence-electron chi connectivity index (χ3n) is 4.79. The SMILES string of the molecule is CC(=O)CCl.CC(=O)COc1c(C)cc(C)c(C=O)c1C.Cc1cc(C)c(C=O)c(C)c1O. The first-order valence-electron chi connectivity index (χ1n) is 10.3. The van der Waals surface area contributed by atoms with Crippen molar-refractivity contribution in [1.29, 1.82) is 0 Å². The molecule has 2 aromatic rings. The lowest BCUT2D eigenvalue weighted by atomic mass is 9.99. The summed E-state index contributed by atoms with van der Waals surface area (Å²) in [5.41, 5.74) is 6.31. The smallest absolute Gasteiger partial charge is 0.167 e. The Morgan fingerprint density at radius 1 is 0.818 bits per heavy atom. The van der Waals surface area contributed by atoms with E-state index in [1.165, 1.54) is 13.8 Å². The fraction of sp³-hybridized carbons (Fsp3) is 0.385. The van der Waals surface area contributed by atoms with Gasteiger partial charge in [0.2, 0.25) is 0 Å². The van der Waals surface area contributed by atoms with Gasteiger partial charge in [-0.15, -0.1) is 11.6 Å². The van der Waals surface area contributed by atoms with E-state index >= 15 is 0 Å². The Morgan fingerprint density at radius 2 is 1.24 bits per heavy atom. The number of phenols is 1. The van der Waals surface area contributed by atoms with E-state index in [4.69, 9.17) is 16.3 Å². The van der Waals surface area contributed by atoms with Crippen LogP contribution in [0.1, 0.15) is 67.9 Å². The molecule has 0 amide bonds. The molecule has 0 atom stereocenters. The molecule has 0 aliphatic heterocycles. The first-order valence-corrected chi connectivity index (χ1v) is 10.8. The van der Waals surface area contributed by atoms with Crippen LogP contribution in [0.25, 0.3) is 0 Å². The summed E-state index contributed by atoms with van der Waals surface area (Å²) in [4.78, 5) is 42.1. The summed E-state index contributed by atoms with van der Waals surface area (Å²) in [5.74, 6) is 0.990. The molecule has 7 heteroatoms. The normalized spacial score (nSPS) is 9.61. The van der Waals surface area contributed by atoms with Gasteiger partial charge in [-0.1, -0.05) is 12.1 Å². The second-order valence-electron chi connectivity index (χ2n) is 7.84. The van der Waals surface area contributed by atoms with Crippen LogP contribution in [0.3, 0.4) is 0 Å². The number of hydrogen-bond donors (Lipinski definition) is 1. The highest BCUT2D eigenvalue weighted by Gasteiger charge is 2.12. The lowest BCUT2D eigenvalue weighted by Gasteiger charge is -2.14. The van der Waals surface area contributed by atoms with Crippen LogP contribution in [0, 0.1) is 41.5 Å². The van der Waals surface area contributed by atoms with Gasteiger partial charge in [0.15, 0.2) is 18.4 Å². The minimum atomic E-state index is -0.0352. The second-order valence-corrected chi connectivity index (χ2v) is 8.11. The number of benzene rings is 2. The van der Waals surface area contributed by atoms with Gasteiger partial charge in [0, 0.05) is 22.3 Å². The topological polar surface area (TPSA) is 97.7 Å². The molecule has 0 aromatic heterocycles. The highest BCUT2D eigenvalue weighted by molar-refractivity contribution is 6.27. The molecule has 0 radical (unpaired) electrons. The second kappa shape index (κ2) is 14.2. The summed E-state index contributed by atoms with van der Waals surface area (Å²) in [6.07, 6.45) is 1.61. The highest BCUT2D eigenvalue weighted by atomic mass is 35.5. The van der Waals surface area contributed by atoms with Crippen LogP contribution in [0.2, 0.25) is 0 Å². The average molecular weight is 477 g/mol. The maximum Gasteiger partial charge on any atom is 0.167 e. The zero-order valence-corrected chi connectivity index (χ0v) is 21.3. The third-order valence-corrected chi connectivity index (χ3v) is 5.17. The van der Waals surface area contributed by atoms with Crippen molar-refractivity contribution in [1.82, 2.24) is 0 Å². The Hall–Kier alpha value is -2.99. The summed E-state index contributed by atoms with van der Waals surface area (Å²) in [7, 11) is 0. The number of aromatic hydroxyl groups is 1. The quantitative estimate of drug-likeness (QED) is 0.446. The van der Waals surface area contributed by atoms with Crippen LogP contribution in [0.15, 0.2) is 12.1 Å². The number of halogens is 1. The zero-order chi connectivity index (χ0) is 25.9. The van der Waals surface area contributed by atoms with Crippen LogP contribution < -0.4 is 4.74 Å². The molecule has 0 unspecified atom stereocenters. The standard InChI is InChI=1S/C13H16O3.C10H12O2.C3H5ClO/c1-8-5-9(2)13(16-7-10(3)15)11(4)12(8)6-14;1-6-4-7(2)10(12)8(3)9(6)5-11;1-3(5)2-4/h5-6H,7H2,1-4H3;4-5,12H,1-3H3;2H2,1H3. The van der Waals surface area contributed by atoms with Crippen LogP contribution in [-0.4, -0.2) is 41.7 Å². The molecule has 0 saturated heterocycles. The molecule has 1 N–H and O–H groups in total. The molecular weight excluding hydrogens is 444 g/mol. The minimum Gasteiger partial charge on any atom is -0.507 e. The molecule has 180 valence electrons. The lowest BCUT2D eigenvalue weighted by molar-refractivity contribution is -0.119. The van der Waals surface area contributed by atoms with Crippen molar-refractivity contribution in [2.24, 2.45) is 0 Å². The number of alkyl halides is 1. The molecule has 2 aromatic carbocycles. The maximum absolute atomic E-state index is 10.9. The molecule has 0 heterocycles. The van der Waals surface area contributed by atoms with Gasteiger partial charge in [0.1, 0.15) is 23.9 Å². The number of aryl methyl sites for hydroxylation is 4. The Bertz CT molecular complexity index is 1020. The molecule has 0 bridgehead atoms. The van der Waals surface area contributed by atoms with Crippen molar-refractivity contribution in [2.75, 3.05) is 12.5 Å². The molecule has 33 heavy (non-hydrogen) atoms. The fourth-order valence-electron chi connectivity index (χ4n) is 3.13. The molecule has 0 aliphatic carbocycles. The van der Waals surface area contributed by atoms with Crippen molar-refractivity contribution in [3.63, 3.8) is 0 Å². The number of carbonyl (C=O) groups excluding carboxylic acids is 4. The number of carbonyl (C=O) groups is 4. The van der Waals surface area contributed by atoms with E-state index in [-0.39, 0.29) is 29.8 Å². The number of Topliss-reactive ketones (excluding diaryl/α,β-unsaturated/α-hetero) is 2. The average Bonchev–Trinajstić information content (AvgIpc) is 2.73. The summed E-state index contributed by atoms with van der Waals surface area (Å²) in [6.45, 7) is 14.0. The van der Waals surface area contributed by atoms with Gasteiger partial charge in [0.05, 0.1) is 5.88 Å². The van der Waals surface area contributed by atoms with E-state index in [2.05, 4.69) is 0 Å². The Morgan fingerprint density at radius 3 is 1.64 bits per heavy atom. The zero-order valence-electron chi connectivity index (χ0n) is 20.6. The monoisotopic (exact) mass is 476 g/mol. The summed E-state index contributed by atoms with van der Waals surface area (Å²) in [6, 6.07) is 3.71. The largest absolute Gasteiger partial charge is 0.507 e. The Labute approximate surface area is 200 Å². The van der Waals surface area contributed by atoms with E-state index in [1.807, 2.05) is 46.8 Å². The van der Waals surface area contributed by atoms with Gasteiger partial charge < -0.3 is 9.84 Å². The lowest BCUT2D eigenvalue weighted by Crippen LogP contribution is -2.09. The predicted octanol–water partition coefficient (Wildman–Crippen LogP) is 5.34. The van der Waals surface area contributed by atoms with Crippen molar-refractivity contribution in [3.05, 3.63) is 56.6 Å². The van der Waals surface area contributed by atoms with Crippen molar-refractivity contribution in [2.45, 2.75) is 55.4 Å². The van der Waals surface area contributed by atoms with Crippen LogP contribution >= 0.6 is 11.6 Å².